The van der Waals surface area contributed by atoms with E-state index < -0.39 is 0 Å². The van der Waals surface area contributed by atoms with E-state index in [0.29, 0.717) is 5.69 Å². The molecule has 0 saturated carbocycles. The molecule has 5 nitrogen and oxygen atoms in total. The van der Waals surface area contributed by atoms with Crippen LogP contribution in [0.15, 0.2) is 29.9 Å². The van der Waals surface area contributed by atoms with Crippen LogP contribution in [0.1, 0.15) is 22.1 Å². The Kier molecular flexibility index (Phi) is 3.46. The summed E-state index contributed by atoms with van der Waals surface area (Å²) in [5.41, 5.74) is 2.83. The molecule has 0 spiro atoms. The summed E-state index contributed by atoms with van der Waals surface area (Å²) in [7, 11) is 1.91. The molecule has 0 bridgehead atoms. The zero-order chi connectivity index (χ0) is 15.1. The molecule has 4 rings (SSSR count). The van der Waals surface area contributed by atoms with Crippen molar-refractivity contribution in [1.82, 2.24) is 19.7 Å². The van der Waals surface area contributed by atoms with E-state index in [9.17, 15) is 4.79 Å². The lowest BCUT2D eigenvalue weighted by Crippen LogP contribution is -2.40. The lowest BCUT2D eigenvalue weighted by Gasteiger charge is -2.34. The molecule has 22 heavy (non-hydrogen) atoms. The third kappa shape index (κ3) is 2.34. The maximum Gasteiger partial charge on any atom is 0.270 e. The van der Waals surface area contributed by atoms with Crippen molar-refractivity contribution in [3.05, 3.63) is 41.2 Å². The second-order valence-corrected chi connectivity index (χ2v) is 7.52. The molecule has 4 heterocycles. The Morgan fingerprint density at radius 3 is 3.18 bits per heavy atom. The van der Waals surface area contributed by atoms with E-state index in [-0.39, 0.29) is 11.9 Å². The number of aryl methyl sites for hydroxylation is 1. The molecule has 0 aromatic carbocycles. The van der Waals surface area contributed by atoms with Crippen LogP contribution >= 0.6 is 23.1 Å². The molecule has 0 unspecified atom stereocenters. The van der Waals surface area contributed by atoms with Gasteiger partial charge in [0.15, 0.2) is 0 Å². The lowest BCUT2D eigenvalue weighted by molar-refractivity contribution is 0.0696. The summed E-state index contributed by atoms with van der Waals surface area (Å²) in [5.74, 6) is 1.99. The van der Waals surface area contributed by atoms with Crippen LogP contribution < -0.4 is 0 Å². The number of thiophene rings is 1. The number of carbonyl (C=O) groups is 1. The molecule has 0 aliphatic carbocycles. The number of carbonyl (C=O) groups excluding carboxylic acids is 1. The summed E-state index contributed by atoms with van der Waals surface area (Å²) < 4.78 is 2.93. The van der Waals surface area contributed by atoms with Gasteiger partial charge in [0.25, 0.3) is 5.91 Å². The van der Waals surface area contributed by atoms with E-state index >= 15 is 0 Å². The first-order valence-corrected chi connectivity index (χ1v) is 9.19. The molecule has 1 N–H and O–H groups in total. The first-order valence-electron chi connectivity index (χ1n) is 7.16. The standard InChI is InChI=1S/C15H16N4OS2/c1-18-8-10(7-16-18)13-9-21-5-3-19(13)15(20)12-6-14-11(17-12)2-4-22-14/h2,4,6-8,13,17H,3,5,9H2,1H3/t13-/m0/s1. The van der Waals surface area contributed by atoms with Crippen LogP contribution in [0.25, 0.3) is 10.2 Å². The smallest absolute Gasteiger partial charge is 0.270 e. The average molecular weight is 332 g/mol. The van der Waals surface area contributed by atoms with E-state index in [2.05, 4.69) is 10.1 Å². The van der Waals surface area contributed by atoms with Gasteiger partial charge in [0.1, 0.15) is 5.69 Å². The van der Waals surface area contributed by atoms with Crippen LogP contribution in [-0.2, 0) is 7.05 Å². The van der Waals surface area contributed by atoms with Crippen LogP contribution in [-0.4, -0.2) is 43.6 Å². The van der Waals surface area contributed by atoms with Crippen LogP contribution in [0, 0.1) is 0 Å². The Morgan fingerprint density at radius 2 is 2.41 bits per heavy atom. The van der Waals surface area contributed by atoms with Gasteiger partial charge in [-0.2, -0.15) is 16.9 Å². The Labute approximate surface area is 136 Å². The minimum Gasteiger partial charge on any atom is -0.350 e. The SMILES string of the molecule is Cn1cc([C@@H]2CSCCN2C(=O)c2cc3sccc3[nH]2)cn1. The van der Waals surface area contributed by atoms with Gasteiger partial charge in [-0.15, -0.1) is 11.3 Å². The molecule has 0 radical (unpaired) electrons. The molecule has 1 atom stereocenters. The zero-order valence-electron chi connectivity index (χ0n) is 12.2. The number of nitrogens with zero attached hydrogens (tertiary/aromatic N) is 3. The van der Waals surface area contributed by atoms with Crippen LogP contribution in [0.4, 0.5) is 0 Å². The average Bonchev–Trinajstić information content (AvgIpc) is 3.21. The van der Waals surface area contributed by atoms with Gasteiger partial charge in [0.05, 0.1) is 22.5 Å². The fraction of sp³-hybridized carbons (Fsp3) is 0.333. The second-order valence-electron chi connectivity index (χ2n) is 5.42. The van der Waals surface area contributed by atoms with Gasteiger partial charge >= 0.3 is 0 Å². The van der Waals surface area contributed by atoms with Gasteiger partial charge in [0, 0.05) is 36.9 Å². The monoisotopic (exact) mass is 332 g/mol. The number of aromatic amines is 1. The minimum atomic E-state index is 0.0811. The first-order chi connectivity index (χ1) is 10.7. The number of hydrogen-bond donors (Lipinski definition) is 1. The van der Waals surface area contributed by atoms with Crippen molar-refractivity contribution in [2.45, 2.75) is 6.04 Å². The van der Waals surface area contributed by atoms with Crippen LogP contribution in [0.5, 0.6) is 0 Å². The van der Waals surface area contributed by atoms with E-state index in [1.54, 1.807) is 16.0 Å². The predicted octanol–water partition coefficient (Wildman–Crippen LogP) is 2.89. The maximum atomic E-state index is 12.9. The molecule has 1 saturated heterocycles. The lowest BCUT2D eigenvalue weighted by atomic mass is 10.1. The number of hydrogen-bond acceptors (Lipinski definition) is 4. The molecule has 1 fully saturated rings. The molecule has 1 amide bonds. The van der Waals surface area contributed by atoms with Gasteiger partial charge in [-0.25, -0.2) is 0 Å². The maximum absolute atomic E-state index is 12.9. The largest absolute Gasteiger partial charge is 0.350 e. The van der Waals surface area contributed by atoms with Gasteiger partial charge in [0.2, 0.25) is 0 Å². The van der Waals surface area contributed by atoms with E-state index in [1.807, 2.05) is 53.6 Å². The molecule has 3 aromatic rings. The molecule has 3 aromatic heterocycles. The fourth-order valence-corrected chi connectivity index (χ4v) is 4.72. The van der Waals surface area contributed by atoms with Crippen molar-refractivity contribution < 1.29 is 4.79 Å². The van der Waals surface area contributed by atoms with E-state index in [4.69, 9.17) is 0 Å². The fourth-order valence-electron chi connectivity index (χ4n) is 2.85. The van der Waals surface area contributed by atoms with Crippen molar-refractivity contribution >= 4 is 39.2 Å². The number of thioether (sulfide) groups is 1. The number of fused-ring (bicyclic) bond motifs is 1. The van der Waals surface area contributed by atoms with E-state index in [1.165, 1.54) is 0 Å². The molecule has 7 heteroatoms. The third-order valence-corrected chi connectivity index (χ3v) is 5.86. The summed E-state index contributed by atoms with van der Waals surface area (Å²) in [6.07, 6.45) is 3.87. The number of aromatic nitrogens is 3. The molecule has 114 valence electrons. The second kappa shape index (κ2) is 5.48. The Morgan fingerprint density at radius 1 is 1.50 bits per heavy atom. The predicted molar refractivity (Wildman–Crippen MR) is 90.5 cm³/mol. The summed E-state index contributed by atoms with van der Waals surface area (Å²) in [6, 6.07) is 4.08. The normalized spacial score (nSPS) is 19.0. The van der Waals surface area contributed by atoms with Crippen molar-refractivity contribution in [2.75, 3.05) is 18.1 Å². The molecular weight excluding hydrogens is 316 g/mol. The quantitative estimate of drug-likeness (QED) is 0.785. The third-order valence-electron chi connectivity index (χ3n) is 3.97. The van der Waals surface area contributed by atoms with Crippen molar-refractivity contribution in [3.63, 3.8) is 0 Å². The zero-order valence-corrected chi connectivity index (χ0v) is 13.8. The summed E-state index contributed by atoms with van der Waals surface area (Å²) in [4.78, 5) is 18.1. The van der Waals surface area contributed by atoms with Gasteiger partial charge < -0.3 is 9.88 Å². The van der Waals surface area contributed by atoms with Crippen molar-refractivity contribution in [1.29, 1.82) is 0 Å². The van der Waals surface area contributed by atoms with Crippen LogP contribution in [0.2, 0.25) is 0 Å². The Hall–Kier alpha value is -1.73. The van der Waals surface area contributed by atoms with Crippen molar-refractivity contribution in [3.8, 4) is 0 Å². The number of amides is 1. The number of H-pyrrole nitrogens is 1. The molecule has 1 aliphatic heterocycles. The van der Waals surface area contributed by atoms with Crippen LogP contribution in [0.3, 0.4) is 0 Å². The van der Waals surface area contributed by atoms with Crippen molar-refractivity contribution in [2.24, 2.45) is 7.05 Å². The Balaban J connectivity index is 1.65. The number of rotatable bonds is 2. The first kappa shape index (κ1) is 13.9. The highest BCUT2D eigenvalue weighted by Gasteiger charge is 2.30. The van der Waals surface area contributed by atoms with Gasteiger partial charge in [-0.1, -0.05) is 0 Å². The van der Waals surface area contributed by atoms with Gasteiger partial charge in [-0.05, 0) is 17.5 Å². The highest BCUT2D eigenvalue weighted by molar-refractivity contribution is 7.99. The van der Waals surface area contributed by atoms with Gasteiger partial charge in [-0.3, -0.25) is 9.48 Å². The highest BCUT2D eigenvalue weighted by atomic mass is 32.2. The molecule has 1 aliphatic rings. The summed E-state index contributed by atoms with van der Waals surface area (Å²) >= 11 is 3.54. The topological polar surface area (TPSA) is 53.9 Å². The Bertz CT molecular complexity index is 790. The highest BCUT2D eigenvalue weighted by Crippen LogP contribution is 2.31. The minimum absolute atomic E-state index is 0.0811. The summed E-state index contributed by atoms with van der Waals surface area (Å²) in [6.45, 7) is 0.774. The number of nitrogens with one attached hydrogen (secondary N) is 1. The van der Waals surface area contributed by atoms with E-state index in [0.717, 1.165) is 33.8 Å². The summed E-state index contributed by atoms with van der Waals surface area (Å²) in [5, 5.41) is 6.28. The molecular formula is C15H16N4OS2.